The average Bonchev–Trinajstić information content (AvgIpc) is 2.25. The summed E-state index contributed by atoms with van der Waals surface area (Å²) < 4.78 is 9.83. The van der Waals surface area contributed by atoms with E-state index in [0.717, 1.165) is 6.42 Å². The van der Waals surface area contributed by atoms with Gasteiger partial charge in [-0.1, -0.05) is 0 Å². The van der Waals surface area contributed by atoms with Gasteiger partial charge in [0.25, 0.3) is 0 Å². The first kappa shape index (κ1) is 16.7. The van der Waals surface area contributed by atoms with Crippen LogP contribution >= 0.6 is 0 Å². The molecule has 0 saturated heterocycles. The maximum Gasteiger partial charge on any atom is 0.410 e. The van der Waals surface area contributed by atoms with E-state index in [1.54, 1.807) is 11.9 Å². The lowest BCUT2D eigenvalue weighted by Gasteiger charge is -2.28. The molecule has 0 aliphatic heterocycles. The van der Waals surface area contributed by atoms with E-state index in [9.17, 15) is 9.59 Å². The molecular formula is C13H25NO4. The number of esters is 1. The molecule has 0 radical (unpaired) electrons. The molecule has 0 unspecified atom stereocenters. The van der Waals surface area contributed by atoms with Crippen molar-refractivity contribution in [2.45, 2.75) is 58.6 Å². The predicted octanol–water partition coefficient (Wildman–Crippen LogP) is 2.59. The van der Waals surface area contributed by atoms with Crippen LogP contribution < -0.4 is 0 Å². The van der Waals surface area contributed by atoms with Gasteiger partial charge in [0.15, 0.2) is 0 Å². The van der Waals surface area contributed by atoms with Crippen LogP contribution in [-0.4, -0.2) is 42.8 Å². The number of ether oxygens (including phenoxy) is 2. The van der Waals surface area contributed by atoms with Gasteiger partial charge in [-0.25, -0.2) is 4.79 Å². The molecule has 0 aromatic carbocycles. The normalized spacial score (nSPS) is 12.8. The Labute approximate surface area is 109 Å². The van der Waals surface area contributed by atoms with Crippen molar-refractivity contribution in [1.29, 1.82) is 0 Å². The smallest absolute Gasteiger partial charge is 0.410 e. The highest BCUT2D eigenvalue weighted by molar-refractivity contribution is 5.69. The summed E-state index contributed by atoms with van der Waals surface area (Å²) in [5.41, 5.74) is -0.489. The number of hydrogen-bond acceptors (Lipinski definition) is 4. The van der Waals surface area contributed by atoms with E-state index in [4.69, 9.17) is 4.74 Å². The van der Waals surface area contributed by atoms with Gasteiger partial charge in [0, 0.05) is 19.5 Å². The van der Waals surface area contributed by atoms with Gasteiger partial charge in [-0.3, -0.25) is 4.79 Å². The van der Waals surface area contributed by atoms with Gasteiger partial charge in [-0.2, -0.15) is 0 Å². The summed E-state index contributed by atoms with van der Waals surface area (Å²) in [6.07, 6.45) is 1.47. The molecule has 0 aromatic rings. The lowest BCUT2D eigenvalue weighted by Crippen LogP contribution is -2.39. The Morgan fingerprint density at radius 1 is 1.28 bits per heavy atom. The maximum atomic E-state index is 11.8. The fraction of sp³-hybridized carbons (Fsp3) is 0.846. The molecule has 5 heteroatoms. The highest BCUT2D eigenvalue weighted by atomic mass is 16.6. The van der Waals surface area contributed by atoms with E-state index < -0.39 is 5.60 Å². The number of rotatable bonds is 5. The van der Waals surface area contributed by atoms with Gasteiger partial charge >= 0.3 is 12.1 Å². The van der Waals surface area contributed by atoms with Gasteiger partial charge in [-0.05, 0) is 40.5 Å². The fourth-order valence-corrected chi connectivity index (χ4v) is 1.35. The predicted molar refractivity (Wildman–Crippen MR) is 69.3 cm³/mol. The number of hydrogen-bond donors (Lipinski definition) is 0. The molecule has 0 saturated carbocycles. The van der Waals surface area contributed by atoms with Crippen LogP contribution in [-0.2, 0) is 14.3 Å². The molecule has 0 spiro atoms. The van der Waals surface area contributed by atoms with Crippen LogP contribution in [0.1, 0.15) is 47.0 Å². The van der Waals surface area contributed by atoms with Crippen LogP contribution in [0.2, 0.25) is 0 Å². The average molecular weight is 259 g/mol. The van der Waals surface area contributed by atoms with Gasteiger partial charge in [-0.15, -0.1) is 0 Å². The number of methoxy groups -OCH3 is 1. The summed E-state index contributed by atoms with van der Waals surface area (Å²) in [4.78, 5) is 24.3. The highest BCUT2D eigenvalue weighted by Crippen LogP contribution is 2.13. The van der Waals surface area contributed by atoms with Gasteiger partial charge in [0.05, 0.1) is 7.11 Å². The summed E-state index contributed by atoms with van der Waals surface area (Å²) in [6, 6.07) is 0.0320. The van der Waals surface area contributed by atoms with Crippen LogP contribution in [0.25, 0.3) is 0 Å². The Kier molecular flexibility index (Phi) is 6.73. The Balaban J connectivity index is 4.06. The second kappa shape index (κ2) is 7.24. The van der Waals surface area contributed by atoms with E-state index in [1.807, 2.05) is 27.7 Å². The van der Waals surface area contributed by atoms with E-state index >= 15 is 0 Å². The van der Waals surface area contributed by atoms with E-state index in [2.05, 4.69) is 4.74 Å². The molecule has 1 amide bonds. The number of amides is 1. The topological polar surface area (TPSA) is 55.8 Å². The van der Waals surface area contributed by atoms with Crippen molar-refractivity contribution >= 4 is 12.1 Å². The first-order chi connectivity index (χ1) is 8.17. The van der Waals surface area contributed by atoms with Crippen LogP contribution in [0.15, 0.2) is 0 Å². The fourth-order valence-electron chi connectivity index (χ4n) is 1.35. The highest BCUT2D eigenvalue weighted by Gasteiger charge is 2.22. The second-order valence-electron chi connectivity index (χ2n) is 5.41. The van der Waals surface area contributed by atoms with E-state index in [1.165, 1.54) is 7.11 Å². The van der Waals surface area contributed by atoms with Crippen molar-refractivity contribution in [3.05, 3.63) is 0 Å². The Bertz CT molecular complexity index is 283. The summed E-state index contributed by atoms with van der Waals surface area (Å²) in [6.45, 7) is 7.43. The summed E-state index contributed by atoms with van der Waals surface area (Å²) in [5, 5.41) is 0. The van der Waals surface area contributed by atoms with Crippen molar-refractivity contribution in [2.24, 2.45) is 0 Å². The van der Waals surface area contributed by atoms with Crippen LogP contribution in [0.4, 0.5) is 4.79 Å². The molecule has 0 rings (SSSR count). The van der Waals surface area contributed by atoms with Crippen molar-refractivity contribution in [3.8, 4) is 0 Å². The lowest BCUT2D eigenvalue weighted by molar-refractivity contribution is -0.140. The molecule has 0 aliphatic rings. The summed E-state index contributed by atoms with van der Waals surface area (Å²) in [7, 11) is 3.08. The lowest BCUT2D eigenvalue weighted by atomic mass is 10.1. The molecule has 0 N–H and O–H groups in total. The molecule has 0 fully saturated rings. The zero-order chi connectivity index (χ0) is 14.3. The van der Waals surface area contributed by atoms with Gasteiger partial charge < -0.3 is 14.4 Å². The Hall–Kier alpha value is -1.26. The molecule has 106 valence electrons. The molecule has 1 atom stereocenters. The summed E-state index contributed by atoms with van der Waals surface area (Å²) in [5.74, 6) is -0.220. The van der Waals surface area contributed by atoms with Crippen molar-refractivity contribution in [2.75, 3.05) is 14.2 Å². The molecule has 0 heterocycles. The van der Waals surface area contributed by atoms with Crippen molar-refractivity contribution in [1.82, 2.24) is 4.90 Å². The largest absolute Gasteiger partial charge is 0.469 e. The molecule has 0 aromatic heterocycles. The van der Waals surface area contributed by atoms with Gasteiger partial charge in [0.1, 0.15) is 5.60 Å². The SMILES string of the molecule is COC(=O)CCC[C@H](C)N(C)C(=O)OC(C)(C)C. The number of carbonyl (C=O) groups excluding carboxylic acids is 2. The Morgan fingerprint density at radius 2 is 1.83 bits per heavy atom. The first-order valence-corrected chi connectivity index (χ1v) is 6.20. The summed E-state index contributed by atoms with van der Waals surface area (Å²) >= 11 is 0. The van der Waals surface area contributed by atoms with Crippen LogP contribution in [0.3, 0.4) is 0 Å². The van der Waals surface area contributed by atoms with E-state index in [0.29, 0.717) is 12.8 Å². The van der Waals surface area contributed by atoms with Crippen molar-refractivity contribution in [3.63, 3.8) is 0 Å². The maximum absolute atomic E-state index is 11.8. The molecule has 5 nitrogen and oxygen atoms in total. The zero-order valence-electron chi connectivity index (χ0n) is 12.3. The first-order valence-electron chi connectivity index (χ1n) is 6.20. The third-order valence-corrected chi connectivity index (χ3v) is 2.57. The molecule has 0 aliphatic carbocycles. The van der Waals surface area contributed by atoms with Gasteiger partial charge in [0.2, 0.25) is 0 Å². The Morgan fingerprint density at radius 3 is 2.28 bits per heavy atom. The van der Waals surface area contributed by atoms with Crippen LogP contribution in [0.5, 0.6) is 0 Å². The molecule has 0 bridgehead atoms. The van der Waals surface area contributed by atoms with Crippen molar-refractivity contribution < 1.29 is 19.1 Å². The minimum absolute atomic E-state index is 0.0320. The van der Waals surface area contributed by atoms with Crippen LogP contribution in [0, 0.1) is 0 Å². The zero-order valence-corrected chi connectivity index (χ0v) is 12.3. The minimum atomic E-state index is -0.489. The monoisotopic (exact) mass is 259 g/mol. The third kappa shape index (κ3) is 7.14. The van der Waals surface area contributed by atoms with E-state index in [-0.39, 0.29) is 18.1 Å². The quantitative estimate of drug-likeness (QED) is 0.712. The molecular weight excluding hydrogens is 234 g/mol. The standard InChI is InChI=1S/C13H25NO4/c1-10(8-7-9-11(15)17-6)14(5)12(16)18-13(2,3)4/h10H,7-9H2,1-6H3/t10-/m0/s1. The second-order valence-corrected chi connectivity index (χ2v) is 5.41. The number of nitrogens with zero attached hydrogens (tertiary/aromatic N) is 1. The number of carbonyl (C=O) groups is 2. The third-order valence-electron chi connectivity index (χ3n) is 2.57. The minimum Gasteiger partial charge on any atom is -0.469 e. The molecule has 18 heavy (non-hydrogen) atoms.